The monoisotopic (exact) mass is 309 g/mol. The molecule has 110 valence electrons. The summed E-state index contributed by atoms with van der Waals surface area (Å²) in [6.45, 7) is 0. The predicted octanol–water partition coefficient (Wildman–Crippen LogP) is 1.08. The van der Waals surface area contributed by atoms with Gasteiger partial charge in [-0.25, -0.2) is 19.2 Å². The number of non-ortho nitro benzene ring substituents is 1. The van der Waals surface area contributed by atoms with Gasteiger partial charge in [0.2, 0.25) is 0 Å². The topological polar surface area (TPSA) is 140 Å². The summed E-state index contributed by atoms with van der Waals surface area (Å²) in [5.74, 6) is 5.18. The molecule has 21 heavy (non-hydrogen) atoms. The van der Waals surface area contributed by atoms with E-state index in [0.717, 1.165) is 6.07 Å². The van der Waals surface area contributed by atoms with Gasteiger partial charge in [0.15, 0.2) is 5.82 Å². The normalized spacial score (nSPS) is 10.9. The lowest BCUT2D eigenvalue weighted by Crippen LogP contribution is -2.18. The van der Waals surface area contributed by atoms with Gasteiger partial charge in [0.05, 0.1) is 10.6 Å². The van der Waals surface area contributed by atoms with Gasteiger partial charge in [0, 0.05) is 18.3 Å². The van der Waals surface area contributed by atoms with Gasteiger partial charge in [-0.3, -0.25) is 14.8 Å². The molecule has 1 aromatic carbocycles. The summed E-state index contributed by atoms with van der Waals surface area (Å²) in [5, 5.41) is 10.7. The molecule has 1 aromatic heterocycles. The number of rotatable bonds is 5. The summed E-state index contributed by atoms with van der Waals surface area (Å²) in [7, 11) is -3.98. The molecule has 0 radical (unpaired) electrons. The van der Waals surface area contributed by atoms with Crippen LogP contribution in [0, 0.1) is 10.1 Å². The third-order valence-electron chi connectivity index (χ3n) is 2.51. The van der Waals surface area contributed by atoms with Crippen molar-refractivity contribution in [3.05, 3.63) is 52.7 Å². The molecule has 0 unspecified atom stereocenters. The minimum absolute atomic E-state index is 0.0320. The van der Waals surface area contributed by atoms with E-state index in [2.05, 4.69) is 15.1 Å². The Labute approximate surface area is 120 Å². The minimum atomic E-state index is -3.98. The first-order valence-corrected chi connectivity index (χ1v) is 7.11. The molecule has 0 amide bonds. The van der Waals surface area contributed by atoms with Crippen molar-refractivity contribution < 1.29 is 13.3 Å². The van der Waals surface area contributed by atoms with Crippen LogP contribution in [0.5, 0.6) is 0 Å². The zero-order valence-corrected chi connectivity index (χ0v) is 11.4. The van der Waals surface area contributed by atoms with E-state index in [4.69, 9.17) is 5.84 Å². The van der Waals surface area contributed by atoms with Crippen molar-refractivity contribution in [2.75, 3.05) is 10.1 Å². The molecule has 9 nitrogen and oxygen atoms in total. The fraction of sp³-hybridized carbons (Fsp3) is 0. The smallest absolute Gasteiger partial charge is 0.271 e. The molecule has 2 rings (SSSR count). The zero-order valence-electron chi connectivity index (χ0n) is 10.6. The van der Waals surface area contributed by atoms with E-state index in [1.807, 2.05) is 0 Å². The summed E-state index contributed by atoms with van der Waals surface area (Å²) in [6.07, 6.45) is 1.38. The van der Waals surface area contributed by atoms with Gasteiger partial charge in [-0.15, -0.1) is 0 Å². The molecule has 0 aliphatic rings. The van der Waals surface area contributed by atoms with Crippen LogP contribution in [0.2, 0.25) is 0 Å². The number of nitrogen functional groups attached to an aromatic ring is 1. The van der Waals surface area contributed by atoms with Gasteiger partial charge < -0.3 is 5.43 Å². The van der Waals surface area contributed by atoms with Crippen LogP contribution < -0.4 is 16.0 Å². The van der Waals surface area contributed by atoms with Crippen molar-refractivity contribution in [1.29, 1.82) is 0 Å². The molecule has 4 N–H and O–H groups in total. The molecule has 0 bridgehead atoms. The van der Waals surface area contributed by atoms with Crippen LogP contribution in [0.4, 0.5) is 17.2 Å². The van der Waals surface area contributed by atoms with Gasteiger partial charge in [-0.1, -0.05) is 6.07 Å². The van der Waals surface area contributed by atoms with Crippen molar-refractivity contribution in [2.24, 2.45) is 5.84 Å². The first kappa shape index (κ1) is 14.7. The first-order chi connectivity index (χ1) is 9.94. The Balaban J connectivity index is 2.38. The van der Waals surface area contributed by atoms with E-state index < -0.39 is 14.9 Å². The maximum absolute atomic E-state index is 12.2. The van der Waals surface area contributed by atoms with Crippen LogP contribution in [-0.4, -0.2) is 18.3 Å². The molecule has 0 aliphatic carbocycles. The fourth-order valence-electron chi connectivity index (χ4n) is 1.61. The Morgan fingerprint density at radius 3 is 2.67 bits per heavy atom. The average Bonchev–Trinajstić information content (AvgIpc) is 2.47. The molecular formula is C11H11N5O4S. The minimum Gasteiger partial charge on any atom is -0.307 e. The third-order valence-corrected chi connectivity index (χ3v) is 3.92. The first-order valence-electron chi connectivity index (χ1n) is 5.63. The van der Waals surface area contributed by atoms with E-state index in [-0.39, 0.29) is 22.1 Å². The van der Waals surface area contributed by atoms with Crippen LogP contribution in [0.15, 0.2) is 47.5 Å². The van der Waals surface area contributed by atoms with Crippen molar-refractivity contribution in [1.82, 2.24) is 4.98 Å². The Hall–Kier alpha value is -2.72. The van der Waals surface area contributed by atoms with E-state index in [0.29, 0.717) is 0 Å². The Morgan fingerprint density at radius 2 is 2.00 bits per heavy atom. The highest BCUT2D eigenvalue weighted by atomic mass is 32.2. The third kappa shape index (κ3) is 3.24. The molecule has 0 saturated carbocycles. The van der Waals surface area contributed by atoms with Crippen molar-refractivity contribution >= 4 is 27.2 Å². The maximum atomic E-state index is 12.2. The van der Waals surface area contributed by atoms with E-state index in [1.165, 1.54) is 36.5 Å². The number of nitro groups is 1. The number of nitrogens with zero attached hydrogens (tertiary/aromatic N) is 2. The van der Waals surface area contributed by atoms with Gasteiger partial charge in [-0.05, 0) is 18.2 Å². The standard InChI is InChI=1S/C11H11N5O4S/c12-14-11-10(5-2-6-13-11)21(19,20)15-8-3-1-4-9(7-8)16(17)18/h1-7,15H,12H2,(H,13,14). The quantitative estimate of drug-likeness (QED) is 0.426. The maximum Gasteiger partial charge on any atom is 0.271 e. The second-order valence-corrected chi connectivity index (χ2v) is 5.56. The second-order valence-electron chi connectivity index (χ2n) is 3.91. The largest absolute Gasteiger partial charge is 0.307 e. The molecule has 0 atom stereocenters. The number of anilines is 2. The number of nitrogens with two attached hydrogens (primary N) is 1. The predicted molar refractivity (Wildman–Crippen MR) is 76.0 cm³/mol. The second kappa shape index (κ2) is 5.73. The molecule has 0 fully saturated rings. The number of hydrogen-bond donors (Lipinski definition) is 3. The van der Waals surface area contributed by atoms with E-state index in [1.54, 1.807) is 0 Å². The Kier molecular flexibility index (Phi) is 4.00. The number of hydrazine groups is 1. The summed E-state index contributed by atoms with van der Waals surface area (Å²) >= 11 is 0. The lowest BCUT2D eigenvalue weighted by Gasteiger charge is -2.10. The summed E-state index contributed by atoms with van der Waals surface area (Å²) in [5.41, 5.74) is 2.02. The SMILES string of the molecule is NNc1ncccc1S(=O)(=O)Nc1cccc([N+](=O)[O-])c1. The van der Waals surface area contributed by atoms with E-state index in [9.17, 15) is 18.5 Å². The number of sulfonamides is 1. The van der Waals surface area contributed by atoms with Gasteiger partial charge in [0.1, 0.15) is 4.90 Å². The molecule has 2 aromatic rings. The average molecular weight is 309 g/mol. The van der Waals surface area contributed by atoms with Crippen LogP contribution in [0.1, 0.15) is 0 Å². The highest BCUT2D eigenvalue weighted by Gasteiger charge is 2.20. The van der Waals surface area contributed by atoms with Gasteiger partial charge in [0.25, 0.3) is 15.7 Å². The molecule has 0 spiro atoms. The number of pyridine rings is 1. The van der Waals surface area contributed by atoms with Crippen LogP contribution in [-0.2, 0) is 10.0 Å². The summed E-state index contributed by atoms with van der Waals surface area (Å²) in [6, 6.07) is 7.89. The van der Waals surface area contributed by atoms with Crippen LogP contribution in [0.25, 0.3) is 0 Å². The number of hydrogen-bond acceptors (Lipinski definition) is 7. The number of nitrogens with one attached hydrogen (secondary N) is 2. The Bertz CT molecular complexity index is 778. The number of aromatic nitrogens is 1. The van der Waals surface area contributed by atoms with Crippen molar-refractivity contribution in [2.45, 2.75) is 4.90 Å². The highest BCUT2D eigenvalue weighted by Crippen LogP contribution is 2.23. The molecule has 10 heteroatoms. The lowest BCUT2D eigenvalue weighted by molar-refractivity contribution is -0.384. The van der Waals surface area contributed by atoms with Crippen LogP contribution >= 0.6 is 0 Å². The molecule has 1 heterocycles. The Morgan fingerprint density at radius 1 is 1.24 bits per heavy atom. The van der Waals surface area contributed by atoms with E-state index >= 15 is 0 Å². The lowest BCUT2D eigenvalue weighted by atomic mass is 10.3. The van der Waals surface area contributed by atoms with Crippen molar-refractivity contribution in [3.63, 3.8) is 0 Å². The number of benzene rings is 1. The molecular weight excluding hydrogens is 298 g/mol. The zero-order chi connectivity index (χ0) is 15.5. The fourth-order valence-corrected chi connectivity index (χ4v) is 2.78. The highest BCUT2D eigenvalue weighted by molar-refractivity contribution is 7.92. The van der Waals surface area contributed by atoms with Gasteiger partial charge in [-0.2, -0.15) is 0 Å². The summed E-state index contributed by atoms with van der Waals surface area (Å²) in [4.78, 5) is 13.7. The van der Waals surface area contributed by atoms with Gasteiger partial charge >= 0.3 is 0 Å². The van der Waals surface area contributed by atoms with Crippen molar-refractivity contribution in [3.8, 4) is 0 Å². The number of nitro benzene ring substituents is 1. The summed E-state index contributed by atoms with van der Waals surface area (Å²) < 4.78 is 26.7. The van der Waals surface area contributed by atoms with Crippen LogP contribution in [0.3, 0.4) is 0 Å². The molecule has 0 aliphatic heterocycles. The molecule has 0 saturated heterocycles.